The number of allylic oxidation sites excluding steroid dienone is 2. The molecule has 5 heteroatoms. The van der Waals surface area contributed by atoms with E-state index in [0.717, 1.165) is 11.1 Å². The van der Waals surface area contributed by atoms with Crippen LogP contribution in [-0.4, -0.2) is 18.9 Å². The van der Waals surface area contributed by atoms with Crippen LogP contribution >= 0.6 is 0 Å². The Morgan fingerprint density at radius 1 is 0.966 bits per heavy atom. The largest absolute Gasteiger partial charge is 0.493 e. The summed E-state index contributed by atoms with van der Waals surface area (Å²) in [6.45, 7) is 3.52. The molecule has 0 atom stereocenters. The van der Waals surface area contributed by atoms with Crippen molar-refractivity contribution in [1.82, 2.24) is 0 Å². The topological polar surface area (TPSA) is 52.6 Å². The predicted molar refractivity (Wildman–Crippen MR) is 110 cm³/mol. The number of hydrogen-bond acceptors (Lipinski definition) is 4. The van der Waals surface area contributed by atoms with E-state index in [-0.39, 0.29) is 23.5 Å². The summed E-state index contributed by atoms with van der Waals surface area (Å²) in [5.74, 6) is -0.116. The van der Waals surface area contributed by atoms with Crippen LogP contribution in [0.2, 0.25) is 0 Å². The van der Waals surface area contributed by atoms with Gasteiger partial charge in [0.05, 0.1) is 13.0 Å². The zero-order valence-corrected chi connectivity index (χ0v) is 16.7. The van der Waals surface area contributed by atoms with Crippen LogP contribution in [0.15, 0.2) is 53.6 Å². The van der Waals surface area contributed by atoms with E-state index in [0.29, 0.717) is 35.5 Å². The summed E-state index contributed by atoms with van der Waals surface area (Å²) in [7, 11) is 1.50. The lowest BCUT2D eigenvalue weighted by atomic mass is 10.1. The van der Waals surface area contributed by atoms with Crippen LogP contribution in [0.25, 0.3) is 12.2 Å². The summed E-state index contributed by atoms with van der Waals surface area (Å²) in [6, 6.07) is 11.3. The average Bonchev–Trinajstić information content (AvgIpc) is 3.04. The Morgan fingerprint density at radius 3 is 2.14 bits per heavy atom. The van der Waals surface area contributed by atoms with Gasteiger partial charge in [-0.05, 0) is 60.4 Å². The average molecular weight is 394 g/mol. The SMILES string of the molecule is COc1cc(/C=C2\CC/C(=C\c3ccc(F)cc3)C2=O)ccc1OC(=O)C(C)C. The highest BCUT2D eigenvalue weighted by molar-refractivity contribution is 6.15. The summed E-state index contributed by atoms with van der Waals surface area (Å²) in [4.78, 5) is 24.5. The maximum atomic E-state index is 13.0. The third kappa shape index (κ3) is 4.99. The second-order valence-electron chi connectivity index (χ2n) is 7.21. The van der Waals surface area contributed by atoms with Crippen LogP contribution in [0.4, 0.5) is 4.39 Å². The molecule has 0 heterocycles. The highest BCUT2D eigenvalue weighted by Crippen LogP contribution is 2.33. The molecule has 0 aliphatic heterocycles. The van der Waals surface area contributed by atoms with Crippen LogP contribution in [0.5, 0.6) is 11.5 Å². The second kappa shape index (κ2) is 8.86. The molecule has 0 spiro atoms. The van der Waals surface area contributed by atoms with Crippen LogP contribution in [0, 0.1) is 11.7 Å². The lowest BCUT2D eigenvalue weighted by molar-refractivity contribution is -0.137. The fraction of sp³-hybridized carbons (Fsp3) is 0.250. The molecule has 1 aliphatic rings. The van der Waals surface area contributed by atoms with Gasteiger partial charge in [0, 0.05) is 11.1 Å². The van der Waals surface area contributed by atoms with Crippen molar-refractivity contribution < 1.29 is 23.5 Å². The molecule has 2 aromatic carbocycles. The molecule has 0 unspecified atom stereocenters. The molecular weight excluding hydrogens is 371 g/mol. The highest BCUT2D eigenvalue weighted by Gasteiger charge is 2.23. The maximum absolute atomic E-state index is 13.0. The minimum absolute atomic E-state index is 0.0106. The molecule has 0 amide bonds. The number of ether oxygens (including phenoxy) is 2. The van der Waals surface area contributed by atoms with Gasteiger partial charge in [0.2, 0.25) is 0 Å². The van der Waals surface area contributed by atoms with E-state index in [4.69, 9.17) is 9.47 Å². The first-order valence-electron chi connectivity index (χ1n) is 9.48. The first-order valence-corrected chi connectivity index (χ1v) is 9.48. The van der Waals surface area contributed by atoms with Crippen molar-refractivity contribution in [2.24, 2.45) is 5.92 Å². The molecule has 1 fully saturated rings. The third-order valence-electron chi connectivity index (χ3n) is 4.67. The Hall–Kier alpha value is -3.21. The van der Waals surface area contributed by atoms with Gasteiger partial charge >= 0.3 is 5.97 Å². The number of halogens is 1. The van der Waals surface area contributed by atoms with Gasteiger partial charge in [-0.15, -0.1) is 0 Å². The monoisotopic (exact) mass is 394 g/mol. The Bertz CT molecular complexity index is 984. The van der Waals surface area contributed by atoms with E-state index in [9.17, 15) is 14.0 Å². The third-order valence-corrected chi connectivity index (χ3v) is 4.67. The van der Waals surface area contributed by atoms with Gasteiger partial charge in [0.25, 0.3) is 0 Å². The minimum Gasteiger partial charge on any atom is -0.493 e. The molecule has 150 valence electrons. The number of benzene rings is 2. The second-order valence-corrected chi connectivity index (χ2v) is 7.21. The quantitative estimate of drug-likeness (QED) is 0.396. The zero-order chi connectivity index (χ0) is 21.0. The van der Waals surface area contributed by atoms with Gasteiger partial charge in [-0.2, -0.15) is 0 Å². The molecular formula is C24H23FO4. The number of hydrogen-bond donors (Lipinski definition) is 0. The van der Waals surface area contributed by atoms with Gasteiger partial charge in [-0.3, -0.25) is 9.59 Å². The van der Waals surface area contributed by atoms with E-state index in [2.05, 4.69) is 0 Å². The van der Waals surface area contributed by atoms with Gasteiger partial charge in [-0.25, -0.2) is 4.39 Å². The predicted octanol–water partition coefficient (Wildman–Crippen LogP) is 5.23. The molecule has 2 aromatic rings. The fourth-order valence-corrected chi connectivity index (χ4v) is 3.02. The summed E-state index contributed by atoms with van der Waals surface area (Å²) in [5, 5.41) is 0. The number of rotatable bonds is 5. The normalized spacial score (nSPS) is 16.7. The van der Waals surface area contributed by atoms with Crippen LogP contribution in [-0.2, 0) is 9.59 Å². The Labute approximate surface area is 169 Å². The van der Waals surface area contributed by atoms with Crippen molar-refractivity contribution in [1.29, 1.82) is 0 Å². The highest BCUT2D eigenvalue weighted by atomic mass is 19.1. The standard InChI is InChI=1S/C24H23FO4/c1-15(2)24(27)29-21-11-6-17(14-22(21)28-3)13-19-8-7-18(23(19)26)12-16-4-9-20(25)10-5-16/h4-6,9-15H,7-8H2,1-3H3/b18-12+,19-13+. The molecule has 4 nitrogen and oxygen atoms in total. The van der Waals surface area contributed by atoms with Crippen LogP contribution in [0.3, 0.4) is 0 Å². The molecule has 1 saturated carbocycles. The molecule has 0 N–H and O–H groups in total. The van der Waals surface area contributed by atoms with E-state index >= 15 is 0 Å². The summed E-state index contributed by atoms with van der Waals surface area (Å²) in [5.41, 5.74) is 3.00. The van der Waals surface area contributed by atoms with Crippen LogP contribution < -0.4 is 9.47 Å². The fourth-order valence-electron chi connectivity index (χ4n) is 3.02. The molecule has 29 heavy (non-hydrogen) atoms. The smallest absolute Gasteiger partial charge is 0.313 e. The van der Waals surface area contributed by atoms with Gasteiger partial charge < -0.3 is 9.47 Å². The van der Waals surface area contributed by atoms with Crippen molar-refractivity contribution in [3.8, 4) is 11.5 Å². The molecule has 0 aromatic heterocycles. The number of ketones is 1. The maximum Gasteiger partial charge on any atom is 0.313 e. The van der Waals surface area contributed by atoms with Crippen molar-refractivity contribution in [2.45, 2.75) is 26.7 Å². The Balaban J connectivity index is 1.80. The molecule has 0 radical (unpaired) electrons. The van der Waals surface area contributed by atoms with E-state index in [1.807, 2.05) is 6.08 Å². The van der Waals surface area contributed by atoms with Crippen molar-refractivity contribution in [2.75, 3.05) is 7.11 Å². The summed E-state index contributed by atoms with van der Waals surface area (Å²) >= 11 is 0. The first-order chi connectivity index (χ1) is 13.9. The number of Topliss-reactive ketones (excluding diaryl/α,β-unsaturated/α-hetero) is 1. The van der Waals surface area contributed by atoms with Gasteiger partial charge in [0.1, 0.15) is 5.82 Å². The molecule has 1 aliphatic carbocycles. The Morgan fingerprint density at radius 2 is 1.55 bits per heavy atom. The molecule has 0 saturated heterocycles. The molecule has 3 rings (SSSR count). The zero-order valence-electron chi connectivity index (χ0n) is 16.7. The van der Waals surface area contributed by atoms with E-state index < -0.39 is 0 Å². The summed E-state index contributed by atoms with van der Waals surface area (Å²) in [6.07, 6.45) is 4.91. The number of esters is 1. The van der Waals surface area contributed by atoms with Crippen molar-refractivity contribution in [3.05, 3.63) is 70.6 Å². The lowest BCUT2D eigenvalue weighted by Crippen LogP contribution is -2.15. The first kappa shape index (κ1) is 20.5. The van der Waals surface area contributed by atoms with Crippen LogP contribution in [0.1, 0.15) is 37.8 Å². The minimum atomic E-state index is -0.337. The summed E-state index contributed by atoms with van der Waals surface area (Å²) < 4.78 is 23.7. The van der Waals surface area contributed by atoms with E-state index in [1.54, 1.807) is 50.3 Å². The number of carbonyl (C=O) groups is 2. The molecule has 0 bridgehead atoms. The number of carbonyl (C=O) groups excluding carboxylic acids is 2. The number of methoxy groups -OCH3 is 1. The van der Waals surface area contributed by atoms with E-state index in [1.165, 1.54) is 19.2 Å². The lowest BCUT2D eigenvalue weighted by Gasteiger charge is -2.11. The van der Waals surface area contributed by atoms with Gasteiger partial charge in [-0.1, -0.05) is 32.0 Å². The Kier molecular flexibility index (Phi) is 6.27. The van der Waals surface area contributed by atoms with Gasteiger partial charge in [0.15, 0.2) is 17.3 Å². The van der Waals surface area contributed by atoms with Crippen molar-refractivity contribution in [3.63, 3.8) is 0 Å². The van der Waals surface area contributed by atoms with Crippen molar-refractivity contribution >= 4 is 23.9 Å².